The summed E-state index contributed by atoms with van der Waals surface area (Å²) in [7, 11) is 0. The van der Waals surface area contributed by atoms with E-state index in [2.05, 4.69) is 10.3 Å². The minimum absolute atomic E-state index is 0.0293. The van der Waals surface area contributed by atoms with Crippen molar-refractivity contribution in [2.24, 2.45) is 0 Å². The summed E-state index contributed by atoms with van der Waals surface area (Å²) in [5.41, 5.74) is 4.34. The highest BCUT2D eigenvalue weighted by molar-refractivity contribution is 5.79. The molecule has 24 heavy (non-hydrogen) atoms. The molecule has 1 atom stereocenters. The highest BCUT2D eigenvalue weighted by atomic mass is 16.1. The number of carbonyl (C=O) groups excluding carboxylic acids is 1. The number of nitrogens with zero attached hydrogens (tertiary/aromatic N) is 2. The second kappa shape index (κ2) is 7.13. The van der Waals surface area contributed by atoms with Crippen LogP contribution in [0.3, 0.4) is 0 Å². The van der Waals surface area contributed by atoms with Gasteiger partial charge in [0.2, 0.25) is 5.91 Å². The first-order valence-electron chi connectivity index (χ1n) is 8.05. The highest BCUT2D eigenvalue weighted by Crippen LogP contribution is 2.16. The molecule has 4 heteroatoms. The molecule has 4 nitrogen and oxygen atoms in total. The molecular formula is C20H21N3O. The number of amides is 1. The molecule has 1 aromatic heterocycles. The van der Waals surface area contributed by atoms with Crippen LogP contribution in [-0.4, -0.2) is 15.5 Å². The van der Waals surface area contributed by atoms with Crippen molar-refractivity contribution >= 4 is 5.91 Å². The van der Waals surface area contributed by atoms with Crippen molar-refractivity contribution in [3.05, 3.63) is 83.9 Å². The zero-order chi connectivity index (χ0) is 16.9. The summed E-state index contributed by atoms with van der Waals surface area (Å²) in [6.07, 6.45) is 5.83. The molecular weight excluding hydrogens is 298 g/mol. The maximum absolute atomic E-state index is 12.3. The van der Waals surface area contributed by atoms with Gasteiger partial charge in [-0.1, -0.05) is 36.4 Å². The predicted octanol–water partition coefficient (Wildman–Crippen LogP) is 3.60. The van der Waals surface area contributed by atoms with Gasteiger partial charge in [-0.05, 0) is 42.7 Å². The summed E-state index contributed by atoms with van der Waals surface area (Å²) in [5.74, 6) is 0.0375. The van der Waals surface area contributed by atoms with E-state index in [1.54, 1.807) is 12.5 Å². The van der Waals surface area contributed by atoms with Gasteiger partial charge in [-0.2, -0.15) is 0 Å². The molecule has 1 amide bonds. The maximum Gasteiger partial charge on any atom is 0.224 e. The van der Waals surface area contributed by atoms with Crippen LogP contribution in [0.15, 0.2) is 67.3 Å². The van der Waals surface area contributed by atoms with Crippen molar-refractivity contribution in [3.63, 3.8) is 0 Å². The van der Waals surface area contributed by atoms with Gasteiger partial charge in [0.15, 0.2) is 0 Å². The molecule has 0 aliphatic rings. The lowest BCUT2D eigenvalue weighted by Gasteiger charge is -2.15. The number of nitrogens with one attached hydrogen (secondary N) is 1. The van der Waals surface area contributed by atoms with Crippen LogP contribution < -0.4 is 5.32 Å². The highest BCUT2D eigenvalue weighted by Gasteiger charge is 2.11. The quantitative estimate of drug-likeness (QED) is 0.781. The van der Waals surface area contributed by atoms with Gasteiger partial charge in [-0.3, -0.25) is 4.79 Å². The summed E-state index contributed by atoms with van der Waals surface area (Å²) in [6.45, 7) is 4.03. The summed E-state index contributed by atoms with van der Waals surface area (Å²) in [5, 5.41) is 3.07. The second-order valence-corrected chi connectivity index (χ2v) is 5.95. The lowest BCUT2D eigenvalue weighted by Crippen LogP contribution is -2.28. The van der Waals surface area contributed by atoms with E-state index >= 15 is 0 Å². The number of rotatable bonds is 5. The Morgan fingerprint density at radius 2 is 1.92 bits per heavy atom. The smallest absolute Gasteiger partial charge is 0.224 e. The third-order valence-electron chi connectivity index (χ3n) is 4.19. The van der Waals surface area contributed by atoms with Crippen molar-refractivity contribution in [2.45, 2.75) is 26.3 Å². The first-order chi connectivity index (χ1) is 11.6. The van der Waals surface area contributed by atoms with Crippen LogP contribution in [0, 0.1) is 6.92 Å². The van der Waals surface area contributed by atoms with Gasteiger partial charge in [0, 0.05) is 18.1 Å². The number of carbonyl (C=O) groups is 1. The molecule has 0 aliphatic carbocycles. The van der Waals surface area contributed by atoms with Crippen molar-refractivity contribution in [2.75, 3.05) is 0 Å². The molecule has 1 heterocycles. The standard InChI is InChI=1S/C20H21N3O/c1-15-5-3-4-6-18(15)13-20(24)22-16(2)17-7-9-19(10-8-17)23-12-11-21-14-23/h3-12,14,16H,13H2,1-2H3,(H,22,24). The van der Waals surface area contributed by atoms with E-state index in [0.29, 0.717) is 6.42 Å². The van der Waals surface area contributed by atoms with Crippen LogP contribution in [0.2, 0.25) is 0 Å². The molecule has 0 aliphatic heterocycles. The lowest BCUT2D eigenvalue weighted by molar-refractivity contribution is -0.121. The Labute approximate surface area is 142 Å². The van der Waals surface area contributed by atoms with Crippen LogP contribution in [0.1, 0.15) is 29.7 Å². The number of benzene rings is 2. The van der Waals surface area contributed by atoms with Crippen LogP contribution in [0.25, 0.3) is 5.69 Å². The number of aromatic nitrogens is 2. The Hall–Kier alpha value is -2.88. The van der Waals surface area contributed by atoms with Crippen molar-refractivity contribution in [1.82, 2.24) is 14.9 Å². The fourth-order valence-electron chi connectivity index (χ4n) is 2.70. The van der Waals surface area contributed by atoms with E-state index in [9.17, 15) is 4.79 Å². The molecule has 0 bridgehead atoms. The largest absolute Gasteiger partial charge is 0.349 e. The first-order valence-corrected chi connectivity index (χ1v) is 8.05. The fourth-order valence-corrected chi connectivity index (χ4v) is 2.70. The average molecular weight is 319 g/mol. The zero-order valence-electron chi connectivity index (χ0n) is 13.9. The molecule has 3 aromatic rings. The third kappa shape index (κ3) is 3.71. The Morgan fingerprint density at radius 3 is 2.58 bits per heavy atom. The van der Waals surface area contributed by atoms with Crippen molar-refractivity contribution < 1.29 is 4.79 Å². The number of aryl methyl sites for hydroxylation is 1. The van der Waals surface area contributed by atoms with Crippen LogP contribution in [0.5, 0.6) is 0 Å². The SMILES string of the molecule is Cc1ccccc1CC(=O)NC(C)c1ccc(-n2ccnc2)cc1. The van der Waals surface area contributed by atoms with Gasteiger partial charge in [-0.25, -0.2) is 4.98 Å². The van der Waals surface area contributed by atoms with E-state index in [1.807, 2.05) is 73.1 Å². The Kier molecular flexibility index (Phi) is 4.75. The third-order valence-corrected chi connectivity index (χ3v) is 4.19. The predicted molar refractivity (Wildman–Crippen MR) is 95.0 cm³/mol. The average Bonchev–Trinajstić information content (AvgIpc) is 3.11. The maximum atomic E-state index is 12.3. The molecule has 0 saturated carbocycles. The van der Waals surface area contributed by atoms with Gasteiger partial charge >= 0.3 is 0 Å². The normalized spacial score (nSPS) is 11.9. The van der Waals surface area contributed by atoms with Crippen molar-refractivity contribution in [1.29, 1.82) is 0 Å². The molecule has 0 radical (unpaired) electrons. The van der Waals surface area contributed by atoms with Crippen LogP contribution >= 0.6 is 0 Å². The van der Waals surface area contributed by atoms with E-state index in [0.717, 1.165) is 22.4 Å². The van der Waals surface area contributed by atoms with Gasteiger partial charge in [0.05, 0.1) is 18.8 Å². The Bertz CT molecular complexity index is 807. The van der Waals surface area contributed by atoms with Crippen LogP contribution in [0.4, 0.5) is 0 Å². The van der Waals surface area contributed by atoms with E-state index in [4.69, 9.17) is 0 Å². The number of imidazole rings is 1. The minimum atomic E-state index is -0.0293. The monoisotopic (exact) mass is 319 g/mol. The minimum Gasteiger partial charge on any atom is -0.349 e. The molecule has 3 rings (SSSR count). The summed E-state index contributed by atoms with van der Waals surface area (Å²) in [6, 6.07) is 16.1. The molecule has 0 fully saturated rings. The van der Waals surface area contributed by atoms with Gasteiger partial charge in [0.25, 0.3) is 0 Å². The van der Waals surface area contributed by atoms with Gasteiger partial charge in [0.1, 0.15) is 0 Å². The molecule has 2 aromatic carbocycles. The van der Waals surface area contributed by atoms with Gasteiger partial charge < -0.3 is 9.88 Å². The van der Waals surface area contributed by atoms with E-state index in [-0.39, 0.29) is 11.9 Å². The fraction of sp³-hybridized carbons (Fsp3) is 0.200. The Balaban J connectivity index is 1.63. The van der Waals surface area contributed by atoms with E-state index in [1.165, 1.54) is 0 Å². The van der Waals surface area contributed by atoms with Crippen molar-refractivity contribution in [3.8, 4) is 5.69 Å². The number of hydrogen-bond acceptors (Lipinski definition) is 2. The second-order valence-electron chi connectivity index (χ2n) is 5.95. The summed E-state index contributed by atoms with van der Waals surface area (Å²) >= 11 is 0. The lowest BCUT2D eigenvalue weighted by atomic mass is 10.0. The summed E-state index contributed by atoms with van der Waals surface area (Å²) < 4.78 is 1.95. The number of hydrogen-bond donors (Lipinski definition) is 1. The zero-order valence-corrected chi connectivity index (χ0v) is 13.9. The Morgan fingerprint density at radius 1 is 1.17 bits per heavy atom. The van der Waals surface area contributed by atoms with Crippen LogP contribution in [-0.2, 0) is 11.2 Å². The molecule has 1 N–H and O–H groups in total. The molecule has 0 saturated heterocycles. The molecule has 122 valence electrons. The van der Waals surface area contributed by atoms with Gasteiger partial charge in [-0.15, -0.1) is 0 Å². The molecule has 0 spiro atoms. The topological polar surface area (TPSA) is 46.9 Å². The van der Waals surface area contributed by atoms with E-state index < -0.39 is 0 Å². The summed E-state index contributed by atoms with van der Waals surface area (Å²) in [4.78, 5) is 16.3. The molecule has 1 unspecified atom stereocenters. The first kappa shape index (κ1) is 16.0.